The van der Waals surface area contributed by atoms with Gasteiger partial charge in [0, 0.05) is 11.8 Å². The maximum atomic E-state index is 12.6. The summed E-state index contributed by atoms with van der Waals surface area (Å²) in [6.07, 6.45) is 0.735. The molecule has 1 aliphatic carbocycles. The van der Waals surface area contributed by atoms with E-state index >= 15 is 0 Å². The van der Waals surface area contributed by atoms with Gasteiger partial charge in [0.15, 0.2) is 23.0 Å². The number of hydrogen-bond acceptors (Lipinski definition) is 6. The molecule has 0 amide bonds. The third kappa shape index (κ3) is 2.89. The van der Waals surface area contributed by atoms with Gasteiger partial charge in [0.25, 0.3) is 0 Å². The first-order valence-corrected chi connectivity index (χ1v) is 9.75. The van der Waals surface area contributed by atoms with Crippen molar-refractivity contribution >= 4 is 21.9 Å². The molecule has 2 aromatic carbocycles. The molecule has 28 heavy (non-hydrogen) atoms. The van der Waals surface area contributed by atoms with E-state index in [0.29, 0.717) is 28.3 Å². The SMILES string of the molecule is COc1cc2c(cc1OC)[C@@H](c1cc(Br)c(O)c(OC)c1)[C@H]1C(=O)OCC1C2. The second kappa shape index (κ2) is 7.20. The smallest absolute Gasteiger partial charge is 0.310 e. The van der Waals surface area contributed by atoms with Gasteiger partial charge in [-0.2, -0.15) is 0 Å². The Morgan fingerprint density at radius 2 is 1.71 bits per heavy atom. The summed E-state index contributed by atoms with van der Waals surface area (Å²) in [5, 5.41) is 10.2. The number of aromatic hydroxyl groups is 1. The van der Waals surface area contributed by atoms with E-state index < -0.39 is 0 Å². The number of benzene rings is 2. The summed E-state index contributed by atoms with van der Waals surface area (Å²) in [5.41, 5.74) is 2.96. The molecule has 1 heterocycles. The number of ether oxygens (including phenoxy) is 4. The van der Waals surface area contributed by atoms with Crippen molar-refractivity contribution in [3.8, 4) is 23.0 Å². The molecule has 2 aliphatic rings. The van der Waals surface area contributed by atoms with E-state index in [1.807, 2.05) is 18.2 Å². The highest BCUT2D eigenvalue weighted by Crippen LogP contribution is 2.51. The lowest BCUT2D eigenvalue weighted by molar-refractivity contribution is -0.141. The molecule has 2 aromatic rings. The molecular formula is C21H21BrO6. The minimum Gasteiger partial charge on any atom is -0.503 e. The zero-order chi connectivity index (χ0) is 20.0. The van der Waals surface area contributed by atoms with Crippen molar-refractivity contribution in [1.82, 2.24) is 0 Å². The van der Waals surface area contributed by atoms with Crippen molar-refractivity contribution in [2.24, 2.45) is 11.8 Å². The van der Waals surface area contributed by atoms with Gasteiger partial charge in [0.2, 0.25) is 0 Å². The van der Waals surface area contributed by atoms with E-state index in [0.717, 1.165) is 23.1 Å². The highest BCUT2D eigenvalue weighted by Gasteiger charge is 2.48. The molecule has 1 N–H and O–H groups in total. The van der Waals surface area contributed by atoms with Gasteiger partial charge in [-0.05, 0) is 63.3 Å². The Morgan fingerprint density at radius 3 is 2.39 bits per heavy atom. The summed E-state index contributed by atoms with van der Waals surface area (Å²) in [5.74, 6) is 0.996. The summed E-state index contributed by atoms with van der Waals surface area (Å²) in [4.78, 5) is 12.6. The number of hydrogen-bond donors (Lipinski definition) is 1. The molecule has 0 bridgehead atoms. The molecule has 0 radical (unpaired) electrons. The minimum absolute atomic E-state index is 0.0279. The molecule has 148 valence electrons. The van der Waals surface area contributed by atoms with Crippen LogP contribution in [-0.2, 0) is 16.0 Å². The Balaban J connectivity index is 1.94. The first-order valence-electron chi connectivity index (χ1n) is 8.96. The van der Waals surface area contributed by atoms with Gasteiger partial charge in [0.05, 0.1) is 38.3 Å². The van der Waals surface area contributed by atoms with Gasteiger partial charge < -0.3 is 24.1 Å². The molecule has 0 spiro atoms. The predicted molar refractivity (Wildman–Crippen MR) is 105 cm³/mol. The number of fused-ring (bicyclic) bond motifs is 2. The maximum Gasteiger partial charge on any atom is 0.310 e. The van der Waals surface area contributed by atoms with Crippen LogP contribution in [0.15, 0.2) is 28.7 Å². The number of methoxy groups -OCH3 is 3. The average molecular weight is 449 g/mol. The van der Waals surface area contributed by atoms with Crippen molar-refractivity contribution < 1.29 is 28.8 Å². The molecule has 3 atom stereocenters. The quantitative estimate of drug-likeness (QED) is 0.719. The van der Waals surface area contributed by atoms with E-state index in [1.165, 1.54) is 7.11 Å². The number of carbonyl (C=O) groups excluding carboxylic acids is 1. The van der Waals surface area contributed by atoms with Crippen molar-refractivity contribution in [1.29, 1.82) is 0 Å². The van der Waals surface area contributed by atoms with E-state index in [-0.39, 0.29) is 29.5 Å². The van der Waals surface area contributed by atoms with Crippen LogP contribution in [0.1, 0.15) is 22.6 Å². The van der Waals surface area contributed by atoms with Crippen LogP contribution in [0.5, 0.6) is 23.0 Å². The molecule has 1 unspecified atom stereocenters. The van der Waals surface area contributed by atoms with Crippen molar-refractivity contribution in [2.45, 2.75) is 12.3 Å². The first-order chi connectivity index (χ1) is 13.5. The zero-order valence-electron chi connectivity index (χ0n) is 15.8. The number of phenols is 1. The molecule has 7 heteroatoms. The molecule has 0 saturated carbocycles. The van der Waals surface area contributed by atoms with Crippen molar-refractivity contribution in [2.75, 3.05) is 27.9 Å². The molecule has 4 rings (SSSR count). The van der Waals surface area contributed by atoms with Crippen LogP contribution in [-0.4, -0.2) is 39.0 Å². The Labute approximate surface area is 171 Å². The van der Waals surface area contributed by atoms with Gasteiger partial charge in [-0.25, -0.2) is 0 Å². The second-order valence-electron chi connectivity index (χ2n) is 7.06. The first kappa shape index (κ1) is 18.9. The summed E-state index contributed by atoms with van der Waals surface area (Å²) >= 11 is 3.39. The standard InChI is InChI=1S/C21H21BrO6/c1-25-15-6-10-4-12-9-28-21(24)19(12)18(13(10)8-16(15)26-2)11-5-14(22)20(23)17(7-11)27-3/h5-8,12,18-19,23H,4,9H2,1-3H3/t12?,18-,19+/m1/s1. The van der Waals surface area contributed by atoms with Crippen LogP contribution in [0.25, 0.3) is 0 Å². The van der Waals surface area contributed by atoms with Crippen LogP contribution >= 0.6 is 15.9 Å². The fraction of sp³-hybridized carbons (Fsp3) is 0.381. The Hall–Kier alpha value is -2.41. The fourth-order valence-electron chi connectivity index (χ4n) is 4.37. The number of phenolic OH excluding ortho intramolecular Hbond substituents is 1. The molecule has 0 aromatic heterocycles. The highest BCUT2D eigenvalue weighted by atomic mass is 79.9. The molecule has 6 nitrogen and oxygen atoms in total. The second-order valence-corrected chi connectivity index (χ2v) is 7.91. The fourth-order valence-corrected chi connectivity index (χ4v) is 4.83. The summed E-state index contributed by atoms with van der Waals surface area (Å²) in [6.45, 7) is 0.407. The van der Waals surface area contributed by atoms with Crippen LogP contribution in [0.2, 0.25) is 0 Å². The minimum atomic E-state index is -0.299. The third-order valence-corrected chi connectivity index (χ3v) is 6.28. The lowest BCUT2D eigenvalue weighted by Gasteiger charge is -2.34. The van der Waals surface area contributed by atoms with E-state index in [1.54, 1.807) is 20.3 Å². The molecule has 1 saturated heterocycles. The molecular weight excluding hydrogens is 428 g/mol. The topological polar surface area (TPSA) is 74.2 Å². The summed E-state index contributed by atoms with van der Waals surface area (Å²) < 4.78 is 22.2. The lowest BCUT2D eigenvalue weighted by atomic mass is 9.67. The van der Waals surface area contributed by atoms with Gasteiger partial charge in [-0.1, -0.05) is 0 Å². The average Bonchev–Trinajstić information content (AvgIpc) is 3.07. The number of rotatable bonds is 4. The van der Waals surface area contributed by atoms with E-state index in [4.69, 9.17) is 18.9 Å². The van der Waals surface area contributed by atoms with Crippen molar-refractivity contribution in [3.63, 3.8) is 0 Å². The predicted octanol–water partition coefficient (Wildman–Crippen LogP) is 3.66. The number of carbonyl (C=O) groups is 1. The van der Waals surface area contributed by atoms with Gasteiger partial charge in [-0.15, -0.1) is 0 Å². The van der Waals surface area contributed by atoms with Crippen LogP contribution < -0.4 is 14.2 Å². The van der Waals surface area contributed by atoms with Crippen LogP contribution in [0.4, 0.5) is 0 Å². The van der Waals surface area contributed by atoms with Crippen molar-refractivity contribution in [3.05, 3.63) is 45.4 Å². The normalized spacial score (nSPS) is 22.9. The summed E-state index contributed by atoms with van der Waals surface area (Å²) in [6, 6.07) is 7.52. The Bertz CT molecular complexity index is 941. The highest BCUT2D eigenvalue weighted by molar-refractivity contribution is 9.10. The Morgan fingerprint density at radius 1 is 1.04 bits per heavy atom. The lowest BCUT2D eigenvalue weighted by Crippen LogP contribution is -2.31. The molecule has 1 aliphatic heterocycles. The van der Waals surface area contributed by atoms with Gasteiger partial charge in [0.1, 0.15) is 0 Å². The number of esters is 1. The van der Waals surface area contributed by atoms with Crippen LogP contribution in [0, 0.1) is 11.8 Å². The van der Waals surface area contributed by atoms with Gasteiger partial charge >= 0.3 is 5.97 Å². The molecule has 1 fully saturated rings. The zero-order valence-corrected chi connectivity index (χ0v) is 17.4. The summed E-state index contributed by atoms with van der Waals surface area (Å²) in [7, 11) is 4.70. The third-order valence-electron chi connectivity index (χ3n) is 5.67. The Kier molecular flexibility index (Phi) is 4.87. The number of cyclic esters (lactones) is 1. The van der Waals surface area contributed by atoms with E-state index in [9.17, 15) is 9.90 Å². The van der Waals surface area contributed by atoms with Crippen LogP contribution in [0.3, 0.4) is 0 Å². The van der Waals surface area contributed by atoms with E-state index in [2.05, 4.69) is 15.9 Å². The van der Waals surface area contributed by atoms with Gasteiger partial charge in [-0.3, -0.25) is 4.79 Å². The maximum absolute atomic E-state index is 12.6. The number of halogens is 1. The largest absolute Gasteiger partial charge is 0.503 e. The monoisotopic (exact) mass is 448 g/mol.